The van der Waals surface area contributed by atoms with Crippen LogP contribution in [0, 0.1) is 5.92 Å². The Morgan fingerprint density at radius 1 is 1.50 bits per heavy atom. The molecule has 1 aromatic heterocycles. The molecule has 0 spiro atoms. The summed E-state index contributed by atoms with van der Waals surface area (Å²) in [4.78, 5) is 13.5. The minimum Gasteiger partial charge on any atom is -0.385 e. The highest BCUT2D eigenvalue weighted by molar-refractivity contribution is 5.31. The van der Waals surface area contributed by atoms with Crippen LogP contribution in [0.15, 0.2) is 16.9 Å². The van der Waals surface area contributed by atoms with Crippen molar-refractivity contribution in [3.8, 4) is 0 Å². The number of nitrogens with one attached hydrogen (secondary N) is 1. The second-order valence-corrected chi connectivity index (χ2v) is 3.41. The number of nitrogen functional groups attached to an aromatic ring is 1. The van der Waals surface area contributed by atoms with E-state index in [0.717, 1.165) is 12.0 Å². The number of aromatic nitrogens is 1. The van der Waals surface area contributed by atoms with Gasteiger partial charge in [0.2, 0.25) is 5.56 Å². The molecule has 1 rings (SSSR count). The molecule has 0 radical (unpaired) electrons. The lowest BCUT2D eigenvalue weighted by Crippen LogP contribution is -2.09. The van der Waals surface area contributed by atoms with Gasteiger partial charge in [0.15, 0.2) is 0 Å². The second-order valence-electron chi connectivity index (χ2n) is 3.41. The molecule has 0 fully saturated rings. The van der Waals surface area contributed by atoms with E-state index in [1.165, 1.54) is 0 Å². The van der Waals surface area contributed by atoms with Crippen molar-refractivity contribution in [1.29, 1.82) is 0 Å². The predicted octanol–water partition coefficient (Wildman–Crippen LogP) is 1.16. The Bertz CT molecular complexity index is 315. The summed E-state index contributed by atoms with van der Waals surface area (Å²) in [6.07, 6.45) is 0.897. The molecule has 0 saturated carbocycles. The van der Waals surface area contributed by atoms with E-state index in [9.17, 15) is 4.79 Å². The normalized spacial score (nSPS) is 10.6. The third kappa shape index (κ3) is 2.42. The van der Waals surface area contributed by atoms with Crippen molar-refractivity contribution >= 4 is 5.82 Å². The Kier molecular flexibility index (Phi) is 2.53. The summed E-state index contributed by atoms with van der Waals surface area (Å²) >= 11 is 0. The quantitative estimate of drug-likeness (QED) is 0.692. The lowest BCUT2D eigenvalue weighted by molar-refractivity contribution is 0.646. The molecule has 0 atom stereocenters. The van der Waals surface area contributed by atoms with Crippen LogP contribution in [-0.2, 0) is 6.42 Å². The van der Waals surface area contributed by atoms with Gasteiger partial charge in [-0.15, -0.1) is 0 Å². The molecule has 0 bridgehead atoms. The van der Waals surface area contributed by atoms with E-state index >= 15 is 0 Å². The van der Waals surface area contributed by atoms with Crippen molar-refractivity contribution in [3.63, 3.8) is 0 Å². The van der Waals surface area contributed by atoms with Gasteiger partial charge in [-0.25, -0.2) is 0 Å². The van der Waals surface area contributed by atoms with E-state index in [1.807, 2.05) is 0 Å². The van der Waals surface area contributed by atoms with Crippen molar-refractivity contribution in [2.75, 3.05) is 5.73 Å². The smallest absolute Gasteiger partial charge is 0.249 e. The first-order valence-corrected chi connectivity index (χ1v) is 4.06. The van der Waals surface area contributed by atoms with Gasteiger partial charge in [-0.3, -0.25) is 4.79 Å². The molecule has 0 aromatic carbocycles. The molecule has 1 heterocycles. The van der Waals surface area contributed by atoms with Crippen molar-refractivity contribution in [1.82, 2.24) is 4.98 Å². The highest BCUT2D eigenvalue weighted by Gasteiger charge is 1.99. The zero-order valence-electron chi connectivity index (χ0n) is 7.42. The van der Waals surface area contributed by atoms with E-state index in [2.05, 4.69) is 18.8 Å². The van der Waals surface area contributed by atoms with Crippen LogP contribution in [0.5, 0.6) is 0 Å². The van der Waals surface area contributed by atoms with Crippen LogP contribution in [0.1, 0.15) is 19.4 Å². The number of hydrogen-bond donors (Lipinski definition) is 2. The molecule has 3 nitrogen and oxygen atoms in total. The van der Waals surface area contributed by atoms with Crippen LogP contribution >= 0.6 is 0 Å². The zero-order chi connectivity index (χ0) is 9.14. The first-order valence-electron chi connectivity index (χ1n) is 4.06. The molecule has 0 aliphatic rings. The van der Waals surface area contributed by atoms with Gasteiger partial charge in [-0.2, -0.15) is 0 Å². The number of pyridine rings is 1. The Morgan fingerprint density at radius 3 is 2.67 bits per heavy atom. The summed E-state index contributed by atoms with van der Waals surface area (Å²) in [5, 5.41) is 0. The number of hydrogen-bond acceptors (Lipinski definition) is 2. The van der Waals surface area contributed by atoms with E-state index in [0.29, 0.717) is 11.7 Å². The molecule has 0 saturated heterocycles. The fourth-order valence-electron chi connectivity index (χ4n) is 1.21. The Hall–Kier alpha value is -1.25. The van der Waals surface area contributed by atoms with E-state index in [-0.39, 0.29) is 5.56 Å². The number of H-pyrrole nitrogens is 1. The van der Waals surface area contributed by atoms with Gasteiger partial charge in [0, 0.05) is 6.07 Å². The van der Waals surface area contributed by atoms with E-state index in [1.54, 1.807) is 12.1 Å². The number of anilines is 1. The second kappa shape index (κ2) is 3.43. The van der Waals surface area contributed by atoms with Crippen molar-refractivity contribution in [3.05, 3.63) is 28.0 Å². The maximum Gasteiger partial charge on any atom is 0.249 e. The molecule has 3 N–H and O–H groups in total. The molecular formula is C9H14N2O. The highest BCUT2D eigenvalue weighted by Crippen LogP contribution is 2.06. The van der Waals surface area contributed by atoms with Gasteiger partial charge < -0.3 is 10.7 Å². The van der Waals surface area contributed by atoms with E-state index < -0.39 is 0 Å². The average molecular weight is 166 g/mol. The zero-order valence-corrected chi connectivity index (χ0v) is 7.42. The molecule has 3 heteroatoms. The fourth-order valence-corrected chi connectivity index (χ4v) is 1.21. The van der Waals surface area contributed by atoms with Crippen LogP contribution < -0.4 is 11.3 Å². The van der Waals surface area contributed by atoms with Crippen molar-refractivity contribution in [2.24, 2.45) is 5.92 Å². The number of nitrogens with two attached hydrogens (primary N) is 1. The Labute approximate surface area is 71.6 Å². The lowest BCUT2D eigenvalue weighted by Gasteiger charge is -2.04. The third-order valence-electron chi connectivity index (χ3n) is 1.57. The molecular weight excluding hydrogens is 152 g/mol. The predicted molar refractivity (Wildman–Crippen MR) is 50.0 cm³/mol. The summed E-state index contributed by atoms with van der Waals surface area (Å²) in [5.41, 5.74) is 6.37. The molecule has 0 aliphatic carbocycles. The summed E-state index contributed by atoms with van der Waals surface area (Å²) in [5.74, 6) is 0.990. The first-order chi connectivity index (χ1) is 5.58. The summed E-state index contributed by atoms with van der Waals surface area (Å²) < 4.78 is 0. The monoisotopic (exact) mass is 166 g/mol. The minimum atomic E-state index is -0.120. The largest absolute Gasteiger partial charge is 0.385 e. The van der Waals surface area contributed by atoms with Gasteiger partial charge in [0.25, 0.3) is 0 Å². The highest BCUT2D eigenvalue weighted by atomic mass is 16.1. The molecule has 66 valence electrons. The fraction of sp³-hybridized carbons (Fsp3) is 0.444. The maximum absolute atomic E-state index is 11.0. The molecule has 0 unspecified atom stereocenters. The summed E-state index contributed by atoms with van der Waals surface area (Å²) in [6.45, 7) is 4.22. The van der Waals surface area contributed by atoms with Crippen molar-refractivity contribution < 1.29 is 0 Å². The molecule has 12 heavy (non-hydrogen) atoms. The maximum atomic E-state index is 11.0. The van der Waals surface area contributed by atoms with Gasteiger partial charge in [-0.1, -0.05) is 13.8 Å². The SMILES string of the molecule is CC(C)Cc1cc(N)[nH]c(=O)c1. The molecule has 0 amide bonds. The summed E-state index contributed by atoms with van der Waals surface area (Å²) in [7, 11) is 0. The van der Waals surface area contributed by atoms with Crippen LogP contribution in [0.3, 0.4) is 0 Å². The average Bonchev–Trinajstić information content (AvgIpc) is 1.81. The van der Waals surface area contributed by atoms with Crippen LogP contribution in [-0.4, -0.2) is 4.98 Å². The van der Waals surface area contributed by atoms with Crippen molar-refractivity contribution in [2.45, 2.75) is 20.3 Å². The molecule has 0 aliphatic heterocycles. The molecule has 1 aromatic rings. The van der Waals surface area contributed by atoms with Gasteiger partial charge in [0.05, 0.1) is 0 Å². The Morgan fingerprint density at radius 2 is 2.17 bits per heavy atom. The first kappa shape index (κ1) is 8.84. The van der Waals surface area contributed by atoms with Gasteiger partial charge in [-0.05, 0) is 24.0 Å². The third-order valence-corrected chi connectivity index (χ3v) is 1.57. The summed E-state index contributed by atoms with van der Waals surface area (Å²) in [6, 6.07) is 3.40. The van der Waals surface area contributed by atoms with E-state index in [4.69, 9.17) is 5.73 Å². The minimum absolute atomic E-state index is 0.120. The van der Waals surface area contributed by atoms with Crippen LogP contribution in [0.2, 0.25) is 0 Å². The number of rotatable bonds is 2. The lowest BCUT2D eigenvalue weighted by atomic mass is 10.0. The Balaban J connectivity index is 2.93. The van der Waals surface area contributed by atoms with Gasteiger partial charge >= 0.3 is 0 Å². The topological polar surface area (TPSA) is 58.9 Å². The number of aromatic amines is 1. The van der Waals surface area contributed by atoms with Crippen LogP contribution in [0.4, 0.5) is 5.82 Å². The van der Waals surface area contributed by atoms with Crippen LogP contribution in [0.25, 0.3) is 0 Å². The standard InChI is InChI=1S/C9H14N2O/c1-6(2)3-7-4-8(10)11-9(12)5-7/h4-6H,3H2,1-2H3,(H3,10,11,12). The van der Waals surface area contributed by atoms with Gasteiger partial charge in [0.1, 0.15) is 5.82 Å².